The van der Waals surface area contributed by atoms with Crippen LogP contribution < -0.4 is 5.32 Å². The molecular weight excluding hydrogens is 449 g/mol. The number of fused-ring (bicyclic) bond motifs is 1. The third kappa shape index (κ3) is 5.19. The molecule has 2 atom stereocenters. The number of carbonyl (C=O) groups excluding carboxylic acids is 2. The number of nitrogens with one attached hydrogen (secondary N) is 1. The van der Waals surface area contributed by atoms with Crippen molar-refractivity contribution >= 4 is 22.8 Å². The summed E-state index contributed by atoms with van der Waals surface area (Å²) in [6.07, 6.45) is 5.47. The SMILES string of the molecule is O=C(NCC1CCCO1)C(c1ccc(F)cc1)N(C(=O)Cn1nnc2ccccc21)C1CCCC1. The molecule has 1 aliphatic heterocycles. The summed E-state index contributed by atoms with van der Waals surface area (Å²) in [6, 6.07) is 12.3. The van der Waals surface area contributed by atoms with Crippen LogP contribution in [-0.4, -0.2) is 57.0 Å². The number of ether oxygens (including phenoxy) is 1. The minimum atomic E-state index is -0.873. The van der Waals surface area contributed by atoms with Crippen LogP contribution in [0.1, 0.15) is 50.1 Å². The molecule has 0 radical (unpaired) electrons. The van der Waals surface area contributed by atoms with Crippen LogP contribution in [0.15, 0.2) is 48.5 Å². The Morgan fingerprint density at radius 2 is 1.86 bits per heavy atom. The van der Waals surface area contributed by atoms with Crippen LogP contribution in [0.4, 0.5) is 4.39 Å². The molecule has 2 unspecified atom stereocenters. The van der Waals surface area contributed by atoms with Crippen molar-refractivity contribution in [3.8, 4) is 0 Å². The van der Waals surface area contributed by atoms with Gasteiger partial charge >= 0.3 is 0 Å². The monoisotopic (exact) mass is 479 g/mol. The number of aromatic nitrogens is 3. The smallest absolute Gasteiger partial charge is 0.247 e. The fourth-order valence-electron chi connectivity index (χ4n) is 5.18. The van der Waals surface area contributed by atoms with E-state index in [4.69, 9.17) is 4.74 Å². The molecule has 1 aliphatic carbocycles. The number of nitrogens with zero attached hydrogens (tertiary/aromatic N) is 4. The largest absolute Gasteiger partial charge is 0.376 e. The van der Waals surface area contributed by atoms with E-state index in [9.17, 15) is 14.0 Å². The molecule has 0 spiro atoms. The van der Waals surface area contributed by atoms with Crippen LogP contribution in [0, 0.1) is 5.82 Å². The minimum Gasteiger partial charge on any atom is -0.376 e. The normalized spacial score (nSPS) is 19.2. The third-order valence-electron chi connectivity index (χ3n) is 6.95. The van der Waals surface area contributed by atoms with Gasteiger partial charge in [-0.05, 0) is 55.5 Å². The van der Waals surface area contributed by atoms with Crippen molar-refractivity contribution in [3.05, 3.63) is 59.9 Å². The summed E-state index contributed by atoms with van der Waals surface area (Å²) in [5.41, 5.74) is 2.05. The zero-order chi connectivity index (χ0) is 24.2. The molecule has 3 aromatic rings. The second-order valence-electron chi connectivity index (χ2n) is 9.31. The number of halogens is 1. The van der Waals surface area contributed by atoms with E-state index in [1.165, 1.54) is 12.1 Å². The van der Waals surface area contributed by atoms with E-state index < -0.39 is 6.04 Å². The molecule has 1 saturated carbocycles. The number of carbonyl (C=O) groups is 2. The Bertz CT molecular complexity index is 1170. The Kier molecular flexibility index (Phi) is 7.03. The molecule has 9 heteroatoms. The van der Waals surface area contributed by atoms with E-state index in [0.717, 1.165) is 44.0 Å². The summed E-state index contributed by atoms with van der Waals surface area (Å²) in [6.45, 7) is 1.05. The highest BCUT2D eigenvalue weighted by molar-refractivity contribution is 5.89. The Labute approximate surface area is 203 Å². The summed E-state index contributed by atoms with van der Waals surface area (Å²) in [7, 11) is 0. The molecular formula is C26H30FN5O3. The van der Waals surface area contributed by atoms with Crippen molar-refractivity contribution in [3.63, 3.8) is 0 Å². The van der Waals surface area contributed by atoms with Crippen molar-refractivity contribution in [1.29, 1.82) is 0 Å². The van der Waals surface area contributed by atoms with Gasteiger partial charge in [0.1, 0.15) is 23.9 Å². The number of amides is 2. The van der Waals surface area contributed by atoms with Gasteiger partial charge in [0.2, 0.25) is 11.8 Å². The molecule has 8 nitrogen and oxygen atoms in total. The second kappa shape index (κ2) is 10.5. The number of para-hydroxylation sites is 1. The van der Waals surface area contributed by atoms with Gasteiger partial charge in [-0.15, -0.1) is 5.10 Å². The molecule has 1 saturated heterocycles. The second-order valence-corrected chi connectivity index (χ2v) is 9.31. The molecule has 184 valence electrons. The maximum Gasteiger partial charge on any atom is 0.247 e. The molecule has 0 bridgehead atoms. The highest BCUT2D eigenvalue weighted by Gasteiger charge is 2.38. The fraction of sp³-hybridized carbons (Fsp3) is 0.462. The molecule has 5 rings (SSSR count). The van der Waals surface area contributed by atoms with Crippen LogP contribution in [0.3, 0.4) is 0 Å². The van der Waals surface area contributed by atoms with E-state index in [-0.39, 0.29) is 36.3 Å². The summed E-state index contributed by atoms with van der Waals surface area (Å²) >= 11 is 0. The number of rotatable bonds is 8. The summed E-state index contributed by atoms with van der Waals surface area (Å²) < 4.78 is 21.0. The molecule has 2 heterocycles. The Morgan fingerprint density at radius 1 is 1.09 bits per heavy atom. The van der Waals surface area contributed by atoms with Crippen molar-refractivity contribution < 1.29 is 18.7 Å². The van der Waals surface area contributed by atoms with Crippen molar-refractivity contribution in [2.75, 3.05) is 13.2 Å². The summed E-state index contributed by atoms with van der Waals surface area (Å²) in [5, 5.41) is 11.3. The van der Waals surface area contributed by atoms with Crippen molar-refractivity contribution in [2.24, 2.45) is 0 Å². The Hall–Kier alpha value is -3.33. The molecule has 2 fully saturated rings. The lowest BCUT2D eigenvalue weighted by Gasteiger charge is -2.36. The number of hydrogen-bond acceptors (Lipinski definition) is 5. The zero-order valence-electron chi connectivity index (χ0n) is 19.6. The molecule has 2 aliphatic rings. The fourth-order valence-corrected chi connectivity index (χ4v) is 5.18. The van der Waals surface area contributed by atoms with Gasteiger partial charge in [0.25, 0.3) is 0 Å². The maximum atomic E-state index is 13.8. The van der Waals surface area contributed by atoms with Crippen LogP contribution in [0.5, 0.6) is 0 Å². The van der Waals surface area contributed by atoms with Crippen molar-refractivity contribution in [1.82, 2.24) is 25.2 Å². The van der Waals surface area contributed by atoms with E-state index in [2.05, 4.69) is 15.6 Å². The van der Waals surface area contributed by atoms with Crippen molar-refractivity contribution in [2.45, 2.75) is 63.3 Å². The number of benzene rings is 2. The highest BCUT2D eigenvalue weighted by Crippen LogP contribution is 2.32. The van der Waals surface area contributed by atoms with Gasteiger partial charge in [-0.1, -0.05) is 42.3 Å². The van der Waals surface area contributed by atoms with Gasteiger partial charge < -0.3 is 15.0 Å². The average molecular weight is 480 g/mol. The maximum absolute atomic E-state index is 13.8. The Morgan fingerprint density at radius 3 is 2.60 bits per heavy atom. The predicted octanol–water partition coefficient (Wildman–Crippen LogP) is 3.38. The average Bonchev–Trinajstić information content (AvgIpc) is 3.65. The van der Waals surface area contributed by atoms with Crippen LogP contribution in [-0.2, 0) is 20.9 Å². The van der Waals surface area contributed by atoms with Gasteiger partial charge in [0, 0.05) is 19.2 Å². The molecule has 1 aromatic heterocycles. The predicted molar refractivity (Wildman–Crippen MR) is 128 cm³/mol. The van der Waals surface area contributed by atoms with Gasteiger partial charge in [-0.2, -0.15) is 0 Å². The lowest BCUT2D eigenvalue weighted by molar-refractivity contribution is -0.144. The first-order valence-electron chi connectivity index (χ1n) is 12.3. The molecule has 2 aromatic carbocycles. The van der Waals surface area contributed by atoms with E-state index in [0.29, 0.717) is 24.2 Å². The highest BCUT2D eigenvalue weighted by atomic mass is 19.1. The lowest BCUT2D eigenvalue weighted by Crippen LogP contribution is -2.50. The quantitative estimate of drug-likeness (QED) is 0.535. The molecule has 1 N–H and O–H groups in total. The van der Waals surface area contributed by atoms with Crippen LogP contribution in [0.2, 0.25) is 0 Å². The van der Waals surface area contributed by atoms with Gasteiger partial charge in [0.05, 0.1) is 11.6 Å². The third-order valence-corrected chi connectivity index (χ3v) is 6.95. The topological polar surface area (TPSA) is 89.4 Å². The van der Waals surface area contributed by atoms with Gasteiger partial charge in [0.15, 0.2) is 0 Å². The zero-order valence-corrected chi connectivity index (χ0v) is 19.6. The van der Waals surface area contributed by atoms with E-state index in [1.54, 1.807) is 21.7 Å². The molecule has 2 amide bonds. The first-order valence-corrected chi connectivity index (χ1v) is 12.3. The lowest BCUT2D eigenvalue weighted by atomic mass is 10.0. The van der Waals surface area contributed by atoms with E-state index >= 15 is 0 Å². The van der Waals surface area contributed by atoms with E-state index in [1.807, 2.05) is 24.3 Å². The first kappa shape index (κ1) is 23.4. The molecule has 35 heavy (non-hydrogen) atoms. The van der Waals surface area contributed by atoms with Gasteiger partial charge in [-0.3, -0.25) is 9.59 Å². The standard InChI is InChI=1S/C26H30FN5O3/c27-19-13-11-18(12-14-19)25(26(34)28-16-21-8-5-15-35-21)32(20-6-1-2-7-20)24(33)17-31-23-10-4-3-9-22(23)29-30-31/h3-4,9-14,20-21,25H,1-2,5-8,15-17H2,(H,28,34). The van der Waals surface area contributed by atoms with Gasteiger partial charge in [-0.25, -0.2) is 9.07 Å². The summed E-state index contributed by atoms with van der Waals surface area (Å²) in [4.78, 5) is 29.2. The minimum absolute atomic E-state index is 0.0232. The first-order chi connectivity index (χ1) is 17.1. The van der Waals surface area contributed by atoms with Crippen LogP contribution >= 0.6 is 0 Å². The van der Waals surface area contributed by atoms with Crippen LogP contribution in [0.25, 0.3) is 11.0 Å². The number of hydrogen-bond donors (Lipinski definition) is 1. The Balaban J connectivity index is 1.46. The summed E-state index contributed by atoms with van der Waals surface area (Å²) in [5.74, 6) is -0.884.